The number of methoxy groups -OCH3 is 1. The van der Waals surface area contributed by atoms with Crippen molar-refractivity contribution in [3.05, 3.63) is 52.6 Å². The van der Waals surface area contributed by atoms with Crippen LogP contribution in [0.2, 0.25) is 0 Å². The molecule has 0 saturated heterocycles. The fraction of sp³-hybridized carbons (Fsp3) is 0.316. The first-order valence-electron chi connectivity index (χ1n) is 8.16. The van der Waals surface area contributed by atoms with E-state index in [4.69, 9.17) is 0 Å². The second-order valence-electron chi connectivity index (χ2n) is 6.19. The Kier molecular flexibility index (Phi) is 6.05. The number of hydrogen-bond donors (Lipinski definition) is 2. The average Bonchev–Trinajstić information content (AvgIpc) is 2.62. The van der Waals surface area contributed by atoms with Crippen LogP contribution in [-0.2, 0) is 19.6 Å². The summed E-state index contributed by atoms with van der Waals surface area (Å²) in [4.78, 5) is 11.2. The molecular formula is C19H24N2O4S. The maximum absolute atomic E-state index is 12.2. The molecule has 0 aliphatic heterocycles. The lowest BCUT2D eigenvalue weighted by molar-refractivity contribution is -0.139. The zero-order valence-corrected chi connectivity index (χ0v) is 16.5. The van der Waals surface area contributed by atoms with E-state index in [0.717, 1.165) is 22.5 Å². The molecule has 0 aliphatic rings. The van der Waals surface area contributed by atoms with E-state index in [2.05, 4.69) is 48.5 Å². The van der Waals surface area contributed by atoms with Gasteiger partial charge in [0.05, 0.1) is 12.0 Å². The molecule has 0 fully saturated rings. The summed E-state index contributed by atoms with van der Waals surface area (Å²) in [5.41, 5.74) is 6.52. The van der Waals surface area contributed by atoms with Crippen LogP contribution in [0.25, 0.3) is 0 Å². The Morgan fingerprint density at radius 1 is 1.00 bits per heavy atom. The molecule has 7 heteroatoms. The van der Waals surface area contributed by atoms with Crippen molar-refractivity contribution in [1.29, 1.82) is 0 Å². The van der Waals surface area contributed by atoms with Gasteiger partial charge in [0.25, 0.3) is 0 Å². The summed E-state index contributed by atoms with van der Waals surface area (Å²) < 4.78 is 31.0. The van der Waals surface area contributed by atoms with E-state index in [1.54, 1.807) is 12.1 Å². The molecule has 2 rings (SSSR count). The van der Waals surface area contributed by atoms with Crippen molar-refractivity contribution in [3.63, 3.8) is 0 Å². The Morgan fingerprint density at radius 2 is 1.54 bits per heavy atom. The van der Waals surface area contributed by atoms with Gasteiger partial charge >= 0.3 is 5.97 Å². The van der Waals surface area contributed by atoms with E-state index in [-0.39, 0.29) is 4.90 Å². The van der Waals surface area contributed by atoms with Crippen molar-refractivity contribution in [2.24, 2.45) is 0 Å². The molecule has 0 atom stereocenters. The molecule has 0 unspecified atom stereocenters. The number of carbonyl (C=O) groups is 1. The minimum absolute atomic E-state index is 0.0841. The Bertz CT molecular complexity index is 893. The number of aryl methyl sites for hydroxylation is 2. The normalized spacial score (nSPS) is 11.3. The van der Waals surface area contributed by atoms with Gasteiger partial charge in [0.1, 0.15) is 6.54 Å². The molecule has 2 aromatic rings. The van der Waals surface area contributed by atoms with Crippen molar-refractivity contribution in [2.45, 2.75) is 32.6 Å². The van der Waals surface area contributed by atoms with Gasteiger partial charge in [-0.3, -0.25) is 4.79 Å². The number of anilines is 2. The molecular weight excluding hydrogens is 352 g/mol. The fourth-order valence-electron chi connectivity index (χ4n) is 2.58. The van der Waals surface area contributed by atoms with Crippen LogP contribution in [0, 0.1) is 27.7 Å². The number of benzene rings is 2. The number of sulfonamides is 1. The second kappa shape index (κ2) is 7.88. The van der Waals surface area contributed by atoms with E-state index in [1.165, 1.54) is 30.4 Å². The Morgan fingerprint density at radius 3 is 2.04 bits per heavy atom. The van der Waals surface area contributed by atoms with Gasteiger partial charge in [-0.25, -0.2) is 8.42 Å². The van der Waals surface area contributed by atoms with Gasteiger partial charge in [-0.05, 0) is 74.2 Å². The number of esters is 1. The quantitative estimate of drug-likeness (QED) is 0.757. The summed E-state index contributed by atoms with van der Waals surface area (Å²) in [5, 5.41) is 3.37. The molecule has 0 spiro atoms. The van der Waals surface area contributed by atoms with Crippen LogP contribution in [0.5, 0.6) is 0 Å². The lowest BCUT2D eigenvalue weighted by atomic mass is 9.98. The van der Waals surface area contributed by atoms with Gasteiger partial charge < -0.3 is 10.1 Å². The first-order valence-corrected chi connectivity index (χ1v) is 9.65. The molecule has 2 aromatic carbocycles. The Hall–Kier alpha value is -2.38. The standard InChI is InChI=1S/C19H24N2O4S/c1-12-10-13(2)15(4)19(14(12)3)21-16-6-8-17(9-7-16)26(23,24)20-11-18(22)25-5/h6-10,20-21H,11H2,1-5H3. The van der Waals surface area contributed by atoms with E-state index < -0.39 is 22.5 Å². The van der Waals surface area contributed by atoms with Gasteiger partial charge in [-0.2, -0.15) is 4.72 Å². The van der Waals surface area contributed by atoms with Gasteiger partial charge in [0.15, 0.2) is 0 Å². The van der Waals surface area contributed by atoms with Crippen molar-refractivity contribution < 1.29 is 17.9 Å². The van der Waals surface area contributed by atoms with Crippen LogP contribution in [0.3, 0.4) is 0 Å². The number of nitrogens with one attached hydrogen (secondary N) is 2. The molecule has 0 aliphatic carbocycles. The van der Waals surface area contributed by atoms with Gasteiger partial charge in [0, 0.05) is 11.4 Å². The van der Waals surface area contributed by atoms with E-state index in [9.17, 15) is 13.2 Å². The summed E-state index contributed by atoms with van der Waals surface area (Å²) in [5.74, 6) is -0.646. The summed E-state index contributed by atoms with van der Waals surface area (Å²) in [6.45, 7) is 7.84. The Balaban J connectivity index is 2.22. The third-order valence-electron chi connectivity index (χ3n) is 4.43. The van der Waals surface area contributed by atoms with Gasteiger partial charge in [-0.1, -0.05) is 6.07 Å². The SMILES string of the molecule is COC(=O)CNS(=O)(=O)c1ccc(Nc2c(C)c(C)cc(C)c2C)cc1. The summed E-state index contributed by atoms with van der Waals surface area (Å²) >= 11 is 0. The second-order valence-corrected chi connectivity index (χ2v) is 7.95. The minimum atomic E-state index is -3.76. The smallest absolute Gasteiger partial charge is 0.320 e. The van der Waals surface area contributed by atoms with Crippen LogP contribution in [-0.4, -0.2) is 28.0 Å². The highest BCUT2D eigenvalue weighted by atomic mass is 32.2. The number of rotatable bonds is 6. The maximum atomic E-state index is 12.2. The fourth-order valence-corrected chi connectivity index (χ4v) is 3.54. The number of hydrogen-bond acceptors (Lipinski definition) is 5. The molecule has 0 bridgehead atoms. The highest BCUT2D eigenvalue weighted by Crippen LogP contribution is 2.29. The first kappa shape index (κ1) is 19.9. The van der Waals surface area contributed by atoms with Crippen LogP contribution >= 0.6 is 0 Å². The Labute approximate surface area is 154 Å². The zero-order valence-electron chi connectivity index (χ0n) is 15.6. The van der Waals surface area contributed by atoms with Crippen LogP contribution < -0.4 is 10.0 Å². The van der Waals surface area contributed by atoms with Crippen molar-refractivity contribution in [3.8, 4) is 0 Å². The lowest BCUT2D eigenvalue weighted by Crippen LogP contribution is -2.30. The number of carbonyl (C=O) groups excluding carboxylic acids is 1. The summed E-state index contributed by atoms with van der Waals surface area (Å²) in [6, 6.07) is 8.54. The molecule has 2 N–H and O–H groups in total. The van der Waals surface area contributed by atoms with Crippen LogP contribution in [0.4, 0.5) is 11.4 Å². The lowest BCUT2D eigenvalue weighted by Gasteiger charge is -2.17. The third-order valence-corrected chi connectivity index (χ3v) is 5.85. The third kappa shape index (κ3) is 4.42. The van der Waals surface area contributed by atoms with E-state index in [0.29, 0.717) is 0 Å². The average molecular weight is 376 g/mol. The van der Waals surface area contributed by atoms with Crippen molar-refractivity contribution >= 4 is 27.4 Å². The van der Waals surface area contributed by atoms with Gasteiger partial charge in [0.2, 0.25) is 10.0 Å². The summed E-state index contributed by atoms with van der Waals surface area (Å²) in [6.07, 6.45) is 0. The largest absolute Gasteiger partial charge is 0.468 e. The molecule has 0 aromatic heterocycles. The highest BCUT2D eigenvalue weighted by Gasteiger charge is 2.16. The molecule has 0 saturated carbocycles. The first-order chi connectivity index (χ1) is 12.2. The van der Waals surface area contributed by atoms with Crippen molar-refractivity contribution in [1.82, 2.24) is 4.72 Å². The van der Waals surface area contributed by atoms with Gasteiger partial charge in [-0.15, -0.1) is 0 Å². The molecule has 26 heavy (non-hydrogen) atoms. The number of ether oxygens (including phenoxy) is 1. The molecule has 0 radical (unpaired) electrons. The minimum Gasteiger partial charge on any atom is -0.468 e. The molecule has 6 nitrogen and oxygen atoms in total. The van der Waals surface area contributed by atoms with Crippen molar-refractivity contribution in [2.75, 3.05) is 19.0 Å². The van der Waals surface area contributed by atoms with Crippen LogP contribution in [0.1, 0.15) is 22.3 Å². The zero-order chi connectivity index (χ0) is 19.5. The summed E-state index contributed by atoms with van der Waals surface area (Å²) in [7, 11) is -2.56. The molecule has 140 valence electrons. The van der Waals surface area contributed by atoms with E-state index in [1.807, 2.05) is 0 Å². The highest BCUT2D eigenvalue weighted by molar-refractivity contribution is 7.89. The maximum Gasteiger partial charge on any atom is 0.320 e. The molecule has 0 amide bonds. The topological polar surface area (TPSA) is 84.5 Å². The predicted molar refractivity (Wildman–Crippen MR) is 102 cm³/mol. The van der Waals surface area contributed by atoms with Crippen LogP contribution in [0.15, 0.2) is 35.2 Å². The predicted octanol–water partition coefficient (Wildman–Crippen LogP) is 3.12. The van der Waals surface area contributed by atoms with E-state index >= 15 is 0 Å². The monoisotopic (exact) mass is 376 g/mol. The molecule has 0 heterocycles.